The van der Waals surface area contributed by atoms with Crippen LogP contribution in [0.15, 0.2) is 60.8 Å². The molecule has 1 heterocycles. The van der Waals surface area contributed by atoms with Crippen molar-refractivity contribution in [2.75, 3.05) is 6.61 Å². The number of aromatic nitrogens is 1. The van der Waals surface area contributed by atoms with Gasteiger partial charge in [-0.25, -0.2) is 4.79 Å². The number of hydrogen-bond donors (Lipinski definition) is 1. The number of nitrogens with zero attached hydrogens (tertiary/aromatic N) is 2. The Morgan fingerprint density at radius 1 is 1.10 bits per heavy atom. The molecule has 3 rings (SSSR count). The van der Waals surface area contributed by atoms with Gasteiger partial charge in [0.2, 0.25) is 5.91 Å². The molecule has 0 aliphatic rings. The van der Waals surface area contributed by atoms with Crippen LogP contribution < -0.4 is 5.73 Å². The number of nitrogens with two attached hydrogens (primary N) is 1. The molecule has 1 aromatic heterocycles. The normalized spacial score (nSPS) is 11.7. The summed E-state index contributed by atoms with van der Waals surface area (Å²) in [6.45, 7) is 6.07. The lowest BCUT2D eigenvalue weighted by molar-refractivity contribution is -0.118. The smallest absolute Gasteiger partial charge is 0.340 e. The lowest BCUT2D eigenvalue weighted by atomic mass is 9.92. The molecule has 3 aromatic rings. The summed E-state index contributed by atoms with van der Waals surface area (Å²) < 4.78 is 7.02. The summed E-state index contributed by atoms with van der Waals surface area (Å²) in [5.74, 6) is -2.38. The molecule has 1 unspecified atom stereocenters. The Morgan fingerprint density at radius 2 is 1.74 bits per heavy atom. The molecule has 6 nitrogen and oxygen atoms in total. The van der Waals surface area contributed by atoms with Crippen LogP contribution in [-0.4, -0.2) is 23.1 Å². The predicted molar refractivity (Wildman–Crippen MR) is 119 cm³/mol. The van der Waals surface area contributed by atoms with E-state index in [-0.39, 0.29) is 17.7 Å². The molecule has 0 bridgehead atoms. The van der Waals surface area contributed by atoms with Crippen LogP contribution in [0.5, 0.6) is 0 Å². The number of ether oxygens (including phenoxy) is 1. The van der Waals surface area contributed by atoms with Crippen molar-refractivity contribution in [3.63, 3.8) is 0 Å². The Bertz CT molecular complexity index is 1120. The topological polar surface area (TPSA) is 98.1 Å². The monoisotopic (exact) mass is 415 g/mol. The molecule has 2 N–H and O–H groups in total. The minimum atomic E-state index is -1.30. The van der Waals surface area contributed by atoms with Crippen molar-refractivity contribution in [3.8, 4) is 23.0 Å². The van der Waals surface area contributed by atoms with Crippen molar-refractivity contribution >= 4 is 11.9 Å². The number of hydrogen-bond acceptors (Lipinski definition) is 4. The van der Waals surface area contributed by atoms with Gasteiger partial charge in [0.15, 0.2) is 5.92 Å². The highest BCUT2D eigenvalue weighted by Gasteiger charge is 2.32. The van der Waals surface area contributed by atoms with Crippen LogP contribution in [0.25, 0.3) is 16.9 Å². The van der Waals surface area contributed by atoms with Crippen LogP contribution >= 0.6 is 0 Å². The van der Waals surface area contributed by atoms with E-state index in [9.17, 15) is 14.9 Å². The van der Waals surface area contributed by atoms with Gasteiger partial charge in [0.1, 0.15) is 0 Å². The summed E-state index contributed by atoms with van der Waals surface area (Å²) >= 11 is 0. The minimum Gasteiger partial charge on any atom is -0.462 e. The van der Waals surface area contributed by atoms with Crippen molar-refractivity contribution in [2.45, 2.75) is 32.6 Å². The van der Waals surface area contributed by atoms with Crippen LogP contribution in [-0.2, 0) is 9.53 Å². The Morgan fingerprint density at radius 3 is 2.26 bits per heavy atom. The van der Waals surface area contributed by atoms with Gasteiger partial charge in [-0.2, -0.15) is 5.26 Å². The molecular weight excluding hydrogens is 390 g/mol. The second kappa shape index (κ2) is 9.31. The van der Waals surface area contributed by atoms with Gasteiger partial charge in [-0.3, -0.25) is 4.79 Å². The third kappa shape index (κ3) is 4.36. The fourth-order valence-corrected chi connectivity index (χ4v) is 3.57. The summed E-state index contributed by atoms with van der Waals surface area (Å²) in [5, 5.41) is 9.74. The van der Waals surface area contributed by atoms with E-state index in [0.29, 0.717) is 11.6 Å². The zero-order chi connectivity index (χ0) is 22.5. The van der Waals surface area contributed by atoms with E-state index in [1.165, 1.54) is 0 Å². The second-order valence-corrected chi connectivity index (χ2v) is 7.47. The summed E-state index contributed by atoms with van der Waals surface area (Å²) in [7, 11) is 0. The summed E-state index contributed by atoms with van der Waals surface area (Å²) in [4.78, 5) is 25.0. The van der Waals surface area contributed by atoms with E-state index in [1.807, 2.05) is 60.7 Å². The number of carbonyl (C=O) groups is 2. The number of para-hydroxylation sites is 1. The maximum Gasteiger partial charge on any atom is 0.340 e. The second-order valence-electron chi connectivity index (χ2n) is 7.47. The Balaban J connectivity index is 2.37. The van der Waals surface area contributed by atoms with Crippen LogP contribution in [0.3, 0.4) is 0 Å². The summed E-state index contributed by atoms with van der Waals surface area (Å²) in [6, 6.07) is 19.2. The molecule has 0 aliphatic carbocycles. The first kappa shape index (κ1) is 21.8. The van der Waals surface area contributed by atoms with Gasteiger partial charge >= 0.3 is 5.97 Å². The zero-order valence-corrected chi connectivity index (χ0v) is 17.8. The fourth-order valence-electron chi connectivity index (χ4n) is 3.57. The molecule has 0 fully saturated rings. The summed E-state index contributed by atoms with van der Waals surface area (Å²) in [5.41, 5.74) is 9.23. The SMILES string of the molecule is CCOC(=O)c1cn(-c2ccccc2)c(-c2ccc(C(C)C)cc2)c1C(C#N)C(N)=O. The first-order valence-corrected chi connectivity index (χ1v) is 10.2. The fraction of sp³-hybridized carbons (Fsp3) is 0.240. The van der Waals surface area contributed by atoms with E-state index in [0.717, 1.165) is 16.8 Å². The number of carbonyl (C=O) groups excluding carboxylic acids is 2. The molecule has 0 spiro atoms. The molecule has 0 aliphatic heterocycles. The Labute approximate surface area is 181 Å². The van der Waals surface area contributed by atoms with Gasteiger partial charge in [0.25, 0.3) is 0 Å². The van der Waals surface area contributed by atoms with Crippen LogP contribution in [0.1, 0.15) is 54.1 Å². The third-order valence-electron chi connectivity index (χ3n) is 5.13. The van der Waals surface area contributed by atoms with E-state index in [2.05, 4.69) is 13.8 Å². The Hall–Kier alpha value is -3.85. The van der Waals surface area contributed by atoms with E-state index in [4.69, 9.17) is 10.5 Å². The average molecular weight is 415 g/mol. The molecule has 6 heteroatoms. The molecule has 31 heavy (non-hydrogen) atoms. The molecule has 1 amide bonds. The Kier molecular flexibility index (Phi) is 6.56. The van der Waals surface area contributed by atoms with Gasteiger partial charge < -0.3 is 15.0 Å². The largest absolute Gasteiger partial charge is 0.462 e. The quantitative estimate of drug-likeness (QED) is 0.573. The lowest BCUT2D eigenvalue weighted by Gasteiger charge is -2.15. The highest BCUT2D eigenvalue weighted by Crippen LogP contribution is 2.37. The van der Waals surface area contributed by atoms with Gasteiger partial charge in [-0.15, -0.1) is 0 Å². The van der Waals surface area contributed by atoms with Crippen molar-refractivity contribution in [1.29, 1.82) is 5.26 Å². The molecule has 0 radical (unpaired) electrons. The average Bonchev–Trinajstić information content (AvgIpc) is 3.15. The van der Waals surface area contributed by atoms with Gasteiger partial charge in [0.05, 0.1) is 23.9 Å². The molecule has 0 saturated heterocycles. The number of amides is 1. The van der Waals surface area contributed by atoms with Crippen molar-refractivity contribution in [1.82, 2.24) is 4.57 Å². The summed E-state index contributed by atoms with van der Waals surface area (Å²) in [6.07, 6.45) is 1.61. The van der Waals surface area contributed by atoms with E-state index >= 15 is 0 Å². The zero-order valence-electron chi connectivity index (χ0n) is 17.8. The maximum absolute atomic E-state index is 12.8. The van der Waals surface area contributed by atoms with Crippen molar-refractivity contribution in [2.24, 2.45) is 5.73 Å². The van der Waals surface area contributed by atoms with Gasteiger partial charge in [0, 0.05) is 17.4 Å². The van der Waals surface area contributed by atoms with Crippen molar-refractivity contribution in [3.05, 3.63) is 77.5 Å². The third-order valence-corrected chi connectivity index (χ3v) is 5.13. The number of rotatable bonds is 7. The molecule has 158 valence electrons. The highest BCUT2D eigenvalue weighted by molar-refractivity contribution is 5.99. The maximum atomic E-state index is 12.8. The van der Waals surface area contributed by atoms with Crippen LogP contribution in [0.2, 0.25) is 0 Å². The molecule has 0 saturated carbocycles. The minimum absolute atomic E-state index is 0.152. The standard InChI is InChI=1S/C25H25N3O3/c1-4-31-25(30)21-15-28(19-8-6-5-7-9-19)23(22(21)20(14-26)24(27)29)18-12-10-17(11-13-18)16(2)3/h5-13,15-16,20H,4H2,1-3H3,(H2,27,29). The number of primary amides is 1. The van der Waals surface area contributed by atoms with E-state index < -0.39 is 17.8 Å². The van der Waals surface area contributed by atoms with Gasteiger partial charge in [-0.1, -0.05) is 56.3 Å². The van der Waals surface area contributed by atoms with E-state index in [1.54, 1.807) is 17.7 Å². The van der Waals surface area contributed by atoms with Gasteiger partial charge in [-0.05, 0) is 36.1 Å². The first-order chi connectivity index (χ1) is 14.9. The van der Waals surface area contributed by atoms with Crippen LogP contribution in [0.4, 0.5) is 0 Å². The number of nitriles is 1. The van der Waals surface area contributed by atoms with Crippen molar-refractivity contribution < 1.29 is 14.3 Å². The number of esters is 1. The number of benzene rings is 2. The van der Waals surface area contributed by atoms with Crippen LogP contribution in [0, 0.1) is 11.3 Å². The molecule has 1 atom stereocenters. The lowest BCUT2D eigenvalue weighted by Crippen LogP contribution is -2.22. The molecular formula is C25H25N3O3. The predicted octanol–water partition coefficient (Wildman–Crippen LogP) is 4.54. The molecule has 2 aromatic carbocycles. The first-order valence-electron chi connectivity index (χ1n) is 10.2. The highest BCUT2D eigenvalue weighted by atomic mass is 16.5.